The van der Waals surface area contributed by atoms with Crippen molar-refractivity contribution in [1.82, 2.24) is 15.0 Å². The minimum atomic E-state index is 0.372. The van der Waals surface area contributed by atoms with Crippen LogP contribution in [0.15, 0.2) is 12.3 Å². The van der Waals surface area contributed by atoms with Gasteiger partial charge in [-0.1, -0.05) is 0 Å². The fourth-order valence-electron chi connectivity index (χ4n) is 2.63. The number of rotatable bonds is 2. The highest BCUT2D eigenvalue weighted by Crippen LogP contribution is 2.38. The first kappa shape index (κ1) is 12.5. The van der Waals surface area contributed by atoms with Gasteiger partial charge >= 0.3 is 0 Å². The average molecular weight is 274 g/mol. The zero-order valence-electron chi connectivity index (χ0n) is 11.6. The molecule has 4 nitrogen and oxygen atoms in total. The van der Waals surface area contributed by atoms with E-state index in [-0.39, 0.29) is 0 Å². The van der Waals surface area contributed by atoms with Crippen molar-refractivity contribution in [3.63, 3.8) is 0 Å². The van der Waals surface area contributed by atoms with Crippen LogP contribution < -0.4 is 4.90 Å². The third-order valence-corrected chi connectivity index (χ3v) is 4.71. The standard InChI is InChI=1S/C14H18N4S/c1-9-7-8-15-14(16-9)18(3)12-6-4-5-11-13(12)19-10(2)17-11/h7-8,12H,4-6H2,1-3H3. The van der Waals surface area contributed by atoms with Crippen LogP contribution in [0.5, 0.6) is 0 Å². The number of anilines is 1. The van der Waals surface area contributed by atoms with E-state index in [1.807, 2.05) is 30.5 Å². The van der Waals surface area contributed by atoms with Crippen molar-refractivity contribution in [2.45, 2.75) is 39.2 Å². The molecule has 5 heteroatoms. The molecule has 0 saturated heterocycles. The highest BCUT2D eigenvalue weighted by Gasteiger charge is 2.28. The van der Waals surface area contributed by atoms with E-state index < -0.39 is 0 Å². The molecule has 0 N–H and O–H groups in total. The van der Waals surface area contributed by atoms with Gasteiger partial charge in [-0.05, 0) is 39.2 Å². The van der Waals surface area contributed by atoms with Gasteiger partial charge in [0.2, 0.25) is 5.95 Å². The smallest absolute Gasteiger partial charge is 0.225 e. The maximum atomic E-state index is 4.65. The number of hydrogen-bond acceptors (Lipinski definition) is 5. The molecule has 0 bridgehead atoms. The fourth-order valence-corrected chi connectivity index (χ4v) is 3.79. The van der Waals surface area contributed by atoms with Crippen LogP contribution in [0.25, 0.3) is 0 Å². The molecule has 100 valence electrons. The lowest BCUT2D eigenvalue weighted by Gasteiger charge is -2.30. The van der Waals surface area contributed by atoms with Gasteiger partial charge in [0.1, 0.15) is 0 Å². The van der Waals surface area contributed by atoms with Crippen molar-refractivity contribution in [2.75, 3.05) is 11.9 Å². The molecule has 2 heterocycles. The second kappa shape index (κ2) is 4.89. The van der Waals surface area contributed by atoms with E-state index in [1.165, 1.54) is 17.0 Å². The lowest BCUT2D eigenvalue weighted by molar-refractivity contribution is 0.541. The molecular formula is C14H18N4S. The van der Waals surface area contributed by atoms with Crippen molar-refractivity contribution in [3.8, 4) is 0 Å². The second-order valence-corrected chi connectivity index (χ2v) is 6.30. The van der Waals surface area contributed by atoms with E-state index >= 15 is 0 Å². The quantitative estimate of drug-likeness (QED) is 0.844. The summed E-state index contributed by atoms with van der Waals surface area (Å²) in [6.07, 6.45) is 5.29. The van der Waals surface area contributed by atoms with Gasteiger partial charge < -0.3 is 4.90 Å². The molecule has 0 aromatic carbocycles. The number of aromatic nitrogens is 3. The predicted molar refractivity (Wildman–Crippen MR) is 77.7 cm³/mol. The predicted octanol–water partition coefficient (Wildman–Crippen LogP) is 3.06. The molecule has 1 atom stereocenters. The highest BCUT2D eigenvalue weighted by atomic mass is 32.1. The molecule has 2 aromatic heterocycles. The summed E-state index contributed by atoms with van der Waals surface area (Å²) < 4.78 is 0. The SMILES string of the molecule is Cc1ccnc(N(C)C2CCCc3nc(C)sc32)n1. The second-order valence-electron chi connectivity index (χ2n) is 5.06. The number of fused-ring (bicyclic) bond motifs is 1. The third kappa shape index (κ3) is 2.34. The first-order valence-corrected chi connectivity index (χ1v) is 7.45. The molecule has 0 spiro atoms. The van der Waals surface area contributed by atoms with E-state index in [1.54, 1.807) is 0 Å². The zero-order chi connectivity index (χ0) is 13.4. The largest absolute Gasteiger partial charge is 0.336 e. The van der Waals surface area contributed by atoms with E-state index in [4.69, 9.17) is 0 Å². The Morgan fingerprint density at radius 3 is 2.95 bits per heavy atom. The Morgan fingerprint density at radius 1 is 1.32 bits per heavy atom. The van der Waals surface area contributed by atoms with Gasteiger partial charge in [0.05, 0.1) is 21.6 Å². The zero-order valence-corrected chi connectivity index (χ0v) is 12.4. The van der Waals surface area contributed by atoms with Crippen molar-refractivity contribution >= 4 is 17.3 Å². The van der Waals surface area contributed by atoms with Crippen LogP contribution >= 0.6 is 11.3 Å². The summed E-state index contributed by atoms with van der Waals surface area (Å²) >= 11 is 1.82. The van der Waals surface area contributed by atoms with Crippen LogP contribution in [0.3, 0.4) is 0 Å². The van der Waals surface area contributed by atoms with Crippen LogP contribution in [-0.4, -0.2) is 22.0 Å². The maximum Gasteiger partial charge on any atom is 0.225 e. The van der Waals surface area contributed by atoms with Crippen molar-refractivity contribution in [3.05, 3.63) is 33.5 Å². The van der Waals surface area contributed by atoms with Gasteiger partial charge in [-0.2, -0.15) is 0 Å². The lowest BCUT2D eigenvalue weighted by Crippen LogP contribution is -2.28. The number of thiazole rings is 1. The van der Waals surface area contributed by atoms with Gasteiger partial charge in [0, 0.05) is 18.9 Å². The fraction of sp³-hybridized carbons (Fsp3) is 0.500. The number of nitrogens with zero attached hydrogens (tertiary/aromatic N) is 4. The molecule has 0 fully saturated rings. The molecule has 0 amide bonds. The monoisotopic (exact) mass is 274 g/mol. The third-order valence-electron chi connectivity index (χ3n) is 3.59. The van der Waals surface area contributed by atoms with Crippen LogP contribution in [-0.2, 0) is 6.42 Å². The molecule has 0 saturated carbocycles. The Morgan fingerprint density at radius 2 is 2.16 bits per heavy atom. The Kier molecular flexibility index (Phi) is 3.22. The summed E-state index contributed by atoms with van der Waals surface area (Å²) in [4.78, 5) is 17.2. The van der Waals surface area contributed by atoms with Crippen molar-refractivity contribution in [1.29, 1.82) is 0 Å². The molecule has 0 radical (unpaired) electrons. The maximum absolute atomic E-state index is 4.65. The van der Waals surface area contributed by atoms with Crippen LogP contribution in [0, 0.1) is 13.8 Å². The molecule has 2 aromatic rings. The molecule has 1 unspecified atom stereocenters. The molecule has 3 rings (SSSR count). The normalized spacial score (nSPS) is 18.2. The van der Waals surface area contributed by atoms with Crippen molar-refractivity contribution < 1.29 is 0 Å². The van der Waals surface area contributed by atoms with Gasteiger partial charge in [-0.15, -0.1) is 11.3 Å². The topological polar surface area (TPSA) is 41.9 Å². The molecular weight excluding hydrogens is 256 g/mol. The van der Waals surface area contributed by atoms with Crippen LogP contribution in [0.1, 0.15) is 40.2 Å². The van der Waals surface area contributed by atoms with E-state index in [2.05, 4.69) is 33.8 Å². The summed E-state index contributed by atoms with van der Waals surface area (Å²) in [6.45, 7) is 4.09. The molecule has 0 aliphatic heterocycles. The van der Waals surface area contributed by atoms with Gasteiger partial charge in [0.15, 0.2) is 0 Å². The van der Waals surface area contributed by atoms with Crippen LogP contribution in [0.2, 0.25) is 0 Å². The lowest BCUT2D eigenvalue weighted by atomic mass is 9.97. The summed E-state index contributed by atoms with van der Waals surface area (Å²) in [5.74, 6) is 0.809. The highest BCUT2D eigenvalue weighted by molar-refractivity contribution is 7.11. The minimum absolute atomic E-state index is 0.372. The Balaban J connectivity index is 1.94. The first-order chi connectivity index (χ1) is 9.15. The minimum Gasteiger partial charge on any atom is -0.336 e. The molecule has 1 aliphatic rings. The first-order valence-electron chi connectivity index (χ1n) is 6.64. The summed E-state index contributed by atoms with van der Waals surface area (Å²) in [7, 11) is 2.09. The summed E-state index contributed by atoms with van der Waals surface area (Å²) in [5, 5.41) is 1.16. The van der Waals surface area contributed by atoms with Crippen molar-refractivity contribution in [2.24, 2.45) is 0 Å². The van der Waals surface area contributed by atoms with E-state index in [9.17, 15) is 0 Å². The van der Waals surface area contributed by atoms with Gasteiger partial charge in [0.25, 0.3) is 0 Å². The molecule has 19 heavy (non-hydrogen) atoms. The number of aryl methyl sites for hydroxylation is 3. The van der Waals surface area contributed by atoms with E-state index in [0.29, 0.717) is 6.04 Å². The molecule has 1 aliphatic carbocycles. The number of hydrogen-bond donors (Lipinski definition) is 0. The Hall–Kier alpha value is -1.49. The summed E-state index contributed by atoms with van der Waals surface area (Å²) in [6, 6.07) is 2.30. The van der Waals surface area contributed by atoms with Gasteiger partial charge in [-0.3, -0.25) is 0 Å². The van der Waals surface area contributed by atoms with E-state index in [0.717, 1.165) is 29.5 Å². The van der Waals surface area contributed by atoms with Gasteiger partial charge in [-0.25, -0.2) is 15.0 Å². The Labute approximate surface area is 117 Å². The van der Waals surface area contributed by atoms with Crippen LogP contribution in [0.4, 0.5) is 5.95 Å². The summed E-state index contributed by atoms with van der Waals surface area (Å²) in [5.41, 5.74) is 2.28. The Bertz CT molecular complexity index is 593. The average Bonchev–Trinajstić information content (AvgIpc) is 2.77.